The fourth-order valence-electron chi connectivity index (χ4n) is 2.73. The number of methoxy groups -OCH3 is 1. The largest absolute Gasteiger partial charge is 0.490 e. The van der Waals surface area contributed by atoms with Crippen LogP contribution in [0.4, 0.5) is 5.69 Å². The first-order valence-electron chi connectivity index (χ1n) is 8.83. The average Bonchev–Trinajstić information content (AvgIpc) is 3.24. The molecule has 0 radical (unpaired) electrons. The van der Waals surface area contributed by atoms with E-state index in [1.54, 1.807) is 25.3 Å². The molecule has 3 aromatic rings. The highest BCUT2D eigenvalue weighted by molar-refractivity contribution is 6.11. The summed E-state index contributed by atoms with van der Waals surface area (Å²) in [5.41, 5.74) is 8.60. The van der Waals surface area contributed by atoms with Gasteiger partial charge in [-0.05, 0) is 18.2 Å². The van der Waals surface area contributed by atoms with Crippen LogP contribution in [0, 0.1) is 11.3 Å². The SMILES string of the molecule is COCCOc1cc(N)c(C(=[NH2+])c2cc(-c3ccc(C(=O)O)cc3)no2)cc1C#N. The van der Waals surface area contributed by atoms with Gasteiger partial charge in [-0.1, -0.05) is 17.3 Å². The van der Waals surface area contributed by atoms with Crippen LogP contribution in [-0.4, -0.2) is 42.3 Å². The zero-order chi connectivity index (χ0) is 21.7. The fourth-order valence-corrected chi connectivity index (χ4v) is 2.73. The molecule has 1 aromatic heterocycles. The van der Waals surface area contributed by atoms with E-state index in [1.807, 2.05) is 0 Å². The van der Waals surface area contributed by atoms with Crippen molar-refractivity contribution in [2.75, 3.05) is 26.1 Å². The molecule has 9 heteroatoms. The molecule has 0 fully saturated rings. The van der Waals surface area contributed by atoms with Crippen LogP contribution in [0.3, 0.4) is 0 Å². The highest BCUT2D eigenvalue weighted by atomic mass is 16.5. The Hall–Kier alpha value is -4.16. The lowest BCUT2D eigenvalue weighted by molar-refractivity contribution is -0.113. The lowest BCUT2D eigenvalue weighted by Gasteiger charge is -2.10. The monoisotopic (exact) mass is 407 g/mol. The third kappa shape index (κ3) is 4.29. The van der Waals surface area contributed by atoms with Crippen LogP contribution in [0.25, 0.3) is 11.3 Å². The Morgan fingerprint density at radius 1 is 1.27 bits per heavy atom. The molecule has 0 aliphatic heterocycles. The van der Waals surface area contributed by atoms with E-state index >= 15 is 0 Å². The van der Waals surface area contributed by atoms with Crippen molar-refractivity contribution in [3.8, 4) is 23.1 Å². The number of hydrogen-bond donors (Lipinski definition) is 3. The minimum absolute atomic E-state index is 0.165. The van der Waals surface area contributed by atoms with Gasteiger partial charge in [0.25, 0.3) is 5.71 Å². The van der Waals surface area contributed by atoms with Gasteiger partial charge >= 0.3 is 5.97 Å². The van der Waals surface area contributed by atoms with Crippen LogP contribution in [0.2, 0.25) is 0 Å². The van der Waals surface area contributed by atoms with Crippen molar-refractivity contribution in [2.24, 2.45) is 0 Å². The second-order valence-electron chi connectivity index (χ2n) is 6.26. The Kier molecular flexibility index (Phi) is 6.10. The summed E-state index contributed by atoms with van der Waals surface area (Å²) in [4.78, 5) is 11.0. The van der Waals surface area contributed by atoms with Gasteiger partial charge in [-0.3, -0.25) is 5.41 Å². The Morgan fingerprint density at radius 3 is 2.63 bits per heavy atom. The Balaban J connectivity index is 1.86. The number of hydrogen-bond acceptors (Lipinski definition) is 7. The normalized spacial score (nSPS) is 10.4. The number of nitrogen functional groups attached to an aromatic ring is 1. The summed E-state index contributed by atoms with van der Waals surface area (Å²) in [6, 6.07) is 12.9. The van der Waals surface area contributed by atoms with Gasteiger partial charge in [-0.15, -0.1) is 0 Å². The minimum atomic E-state index is -1.02. The van der Waals surface area contributed by atoms with E-state index in [4.69, 9.17) is 30.2 Å². The summed E-state index contributed by atoms with van der Waals surface area (Å²) in [6.07, 6.45) is 0. The van der Waals surface area contributed by atoms with Crippen molar-refractivity contribution >= 4 is 17.4 Å². The topological polar surface area (TPSA) is 157 Å². The maximum Gasteiger partial charge on any atom is 0.335 e. The molecule has 30 heavy (non-hydrogen) atoms. The van der Waals surface area contributed by atoms with E-state index in [0.29, 0.717) is 34.9 Å². The number of nitrogens with two attached hydrogens (primary N) is 2. The second-order valence-corrected chi connectivity index (χ2v) is 6.26. The van der Waals surface area contributed by atoms with E-state index in [0.717, 1.165) is 0 Å². The molecule has 0 bridgehead atoms. The third-order valence-electron chi connectivity index (χ3n) is 4.31. The molecule has 3 rings (SSSR count). The van der Waals surface area contributed by atoms with Crippen molar-refractivity contribution in [3.05, 3.63) is 64.9 Å². The lowest BCUT2D eigenvalue weighted by atomic mass is 10.0. The molecular weight excluding hydrogens is 388 g/mol. The average molecular weight is 407 g/mol. The molecule has 0 aliphatic carbocycles. The fraction of sp³-hybridized carbons (Fsp3) is 0.143. The molecule has 0 aliphatic rings. The van der Waals surface area contributed by atoms with Gasteiger partial charge in [-0.2, -0.15) is 5.26 Å². The number of anilines is 1. The molecule has 5 N–H and O–H groups in total. The number of carboxylic acid groups (broad SMARTS) is 1. The zero-order valence-electron chi connectivity index (χ0n) is 16.1. The Bertz CT molecular complexity index is 1130. The summed E-state index contributed by atoms with van der Waals surface area (Å²) in [5.74, 6) is -0.422. The van der Waals surface area contributed by atoms with Gasteiger partial charge in [0, 0.05) is 30.5 Å². The standard InChI is InChI=1S/C21H18N4O5/c1-28-6-7-29-18-9-16(23)15(8-14(18)11-22)20(24)19-10-17(25-30-19)12-2-4-13(5-3-12)21(26)27/h2-5,8-10,24H,6-7,23H2,1H3,(H,26,27)/p+1. The summed E-state index contributed by atoms with van der Waals surface area (Å²) in [6.45, 7) is 0.643. The summed E-state index contributed by atoms with van der Waals surface area (Å²) >= 11 is 0. The van der Waals surface area contributed by atoms with Gasteiger partial charge < -0.3 is 24.8 Å². The molecule has 0 spiro atoms. The maximum absolute atomic E-state index is 11.0. The first-order chi connectivity index (χ1) is 14.4. The molecule has 0 saturated heterocycles. The van der Waals surface area contributed by atoms with Gasteiger partial charge in [0.05, 0.1) is 23.3 Å². The third-order valence-corrected chi connectivity index (χ3v) is 4.31. The van der Waals surface area contributed by atoms with E-state index in [-0.39, 0.29) is 29.2 Å². The molecule has 0 amide bonds. The van der Waals surface area contributed by atoms with Crippen LogP contribution in [0.15, 0.2) is 47.0 Å². The lowest BCUT2D eigenvalue weighted by Crippen LogP contribution is -2.41. The van der Waals surface area contributed by atoms with Crippen molar-refractivity contribution in [3.63, 3.8) is 0 Å². The number of nitriles is 1. The number of carbonyl (C=O) groups is 1. The quantitative estimate of drug-likeness (QED) is 0.285. The smallest absolute Gasteiger partial charge is 0.335 e. The number of aromatic carboxylic acids is 1. The summed E-state index contributed by atoms with van der Waals surface area (Å²) < 4.78 is 15.8. The predicted molar refractivity (Wildman–Crippen MR) is 107 cm³/mol. The minimum Gasteiger partial charge on any atom is -0.490 e. The summed E-state index contributed by atoms with van der Waals surface area (Å²) in [7, 11) is 1.55. The Morgan fingerprint density at radius 2 is 2.00 bits per heavy atom. The van der Waals surface area contributed by atoms with E-state index in [1.165, 1.54) is 24.3 Å². The van der Waals surface area contributed by atoms with Crippen molar-refractivity contribution in [2.45, 2.75) is 0 Å². The number of aromatic nitrogens is 1. The zero-order valence-corrected chi connectivity index (χ0v) is 16.1. The Labute approximate surface area is 171 Å². The van der Waals surface area contributed by atoms with Gasteiger partial charge in [0.2, 0.25) is 5.76 Å². The van der Waals surface area contributed by atoms with E-state index in [9.17, 15) is 10.1 Å². The molecule has 2 aromatic carbocycles. The van der Waals surface area contributed by atoms with Crippen molar-refractivity contribution in [1.82, 2.24) is 5.16 Å². The van der Waals surface area contributed by atoms with Gasteiger partial charge in [0.15, 0.2) is 0 Å². The van der Waals surface area contributed by atoms with E-state index < -0.39 is 5.97 Å². The van der Waals surface area contributed by atoms with Crippen LogP contribution in [0.1, 0.15) is 27.2 Å². The van der Waals surface area contributed by atoms with Crippen molar-refractivity contribution in [1.29, 1.82) is 5.26 Å². The number of nitrogens with zero attached hydrogens (tertiary/aromatic N) is 2. The van der Waals surface area contributed by atoms with Crippen LogP contribution in [0.5, 0.6) is 5.75 Å². The molecule has 0 saturated carbocycles. The van der Waals surface area contributed by atoms with Crippen molar-refractivity contribution < 1.29 is 29.3 Å². The highest BCUT2D eigenvalue weighted by Crippen LogP contribution is 2.27. The molecule has 9 nitrogen and oxygen atoms in total. The second kappa shape index (κ2) is 8.89. The molecule has 152 valence electrons. The van der Waals surface area contributed by atoms with E-state index in [2.05, 4.69) is 11.2 Å². The number of rotatable bonds is 8. The van der Waals surface area contributed by atoms with Gasteiger partial charge in [0.1, 0.15) is 24.1 Å². The van der Waals surface area contributed by atoms with Gasteiger partial charge in [-0.25, -0.2) is 4.79 Å². The molecular formula is C21H19N4O5+. The first kappa shape index (κ1) is 20.6. The van der Waals surface area contributed by atoms with Crippen LogP contribution >= 0.6 is 0 Å². The predicted octanol–water partition coefficient (Wildman–Crippen LogP) is 1.12. The molecule has 0 atom stereocenters. The highest BCUT2D eigenvalue weighted by Gasteiger charge is 2.22. The summed E-state index contributed by atoms with van der Waals surface area (Å²) in [5, 5.41) is 28.6. The number of carboxylic acids is 1. The molecule has 0 unspecified atom stereocenters. The molecule has 1 heterocycles. The number of benzene rings is 2. The maximum atomic E-state index is 11.0. The van der Waals surface area contributed by atoms with Crippen LogP contribution in [-0.2, 0) is 4.74 Å². The van der Waals surface area contributed by atoms with Crippen LogP contribution < -0.4 is 15.9 Å². The number of ether oxygens (including phenoxy) is 2. The first-order valence-corrected chi connectivity index (χ1v) is 8.83.